The van der Waals surface area contributed by atoms with Crippen molar-refractivity contribution in [3.05, 3.63) is 26.2 Å². The van der Waals surface area contributed by atoms with Crippen LogP contribution in [0.2, 0.25) is 0 Å². The van der Waals surface area contributed by atoms with Crippen molar-refractivity contribution in [2.75, 3.05) is 0 Å². The molecule has 6 heteroatoms. The summed E-state index contributed by atoms with van der Waals surface area (Å²) in [6.45, 7) is 5.49. The number of carbonyl (C=O) groups is 1. The van der Waals surface area contributed by atoms with Gasteiger partial charge in [-0.15, -0.1) is 0 Å². The van der Waals surface area contributed by atoms with Gasteiger partial charge in [-0.3, -0.25) is 4.84 Å². The molecular formula is C11H13BrINO3. The number of benzene rings is 1. The Hall–Kier alpha value is -0.340. The zero-order chi connectivity index (χ0) is 13.1. The number of rotatable bonds is 2. The van der Waals surface area contributed by atoms with Crippen molar-refractivity contribution in [1.82, 2.24) is 5.48 Å². The Morgan fingerprint density at radius 2 is 2.06 bits per heavy atom. The summed E-state index contributed by atoms with van der Waals surface area (Å²) in [5.74, 6) is 0.490. The van der Waals surface area contributed by atoms with Crippen molar-refractivity contribution in [1.29, 1.82) is 0 Å². The minimum atomic E-state index is -0.639. The summed E-state index contributed by atoms with van der Waals surface area (Å²) in [4.78, 5) is 16.5. The van der Waals surface area contributed by atoms with Crippen LogP contribution < -0.4 is 10.2 Å². The van der Waals surface area contributed by atoms with Gasteiger partial charge in [-0.1, -0.05) is 15.9 Å². The number of hydrogen-bond donors (Lipinski definition) is 1. The molecule has 0 fully saturated rings. The standard InChI is InChI=1S/C11H13BrINO3/c1-11(2,3)17-14-10(15)16-9-5-4-7(12)6-8(9)13/h4-6H,1-3H3,(H,14,15). The molecule has 0 unspecified atom stereocenters. The molecule has 0 bridgehead atoms. The van der Waals surface area contributed by atoms with E-state index < -0.39 is 11.7 Å². The van der Waals surface area contributed by atoms with E-state index in [1.165, 1.54) is 0 Å². The molecule has 0 radical (unpaired) electrons. The highest BCUT2D eigenvalue weighted by atomic mass is 127. The molecule has 0 spiro atoms. The minimum Gasteiger partial charge on any atom is -0.408 e. The van der Waals surface area contributed by atoms with E-state index in [1.54, 1.807) is 12.1 Å². The Labute approximate surface area is 122 Å². The second kappa shape index (κ2) is 6.01. The van der Waals surface area contributed by atoms with Crippen LogP contribution in [-0.4, -0.2) is 11.7 Å². The van der Waals surface area contributed by atoms with Gasteiger partial charge in [0, 0.05) is 4.47 Å². The van der Waals surface area contributed by atoms with E-state index in [2.05, 4.69) is 44.0 Å². The fraction of sp³-hybridized carbons (Fsp3) is 0.364. The topological polar surface area (TPSA) is 47.6 Å². The molecule has 0 saturated carbocycles. The van der Waals surface area contributed by atoms with E-state index in [-0.39, 0.29) is 0 Å². The predicted molar refractivity (Wildman–Crippen MR) is 76.9 cm³/mol. The van der Waals surface area contributed by atoms with E-state index >= 15 is 0 Å². The highest BCUT2D eigenvalue weighted by molar-refractivity contribution is 14.1. The normalized spacial score (nSPS) is 11.1. The van der Waals surface area contributed by atoms with Crippen LogP contribution in [0.1, 0.15) is 20.8 Å². The summed E-state index contributed by atoms with van der Waals surface area (Å²) in [6, 6.07) is 5.37. The first-order valence-corrected chi connectivity index (χ1v) is 6.76. The third-order valence-electron chi connectivity index (χ3n) is 1.54. The highest BCUT2D eigenvalue weighted by Crippen LogP contribution is 2.24. The zero-order valence-corrected chi connectivity index (χ0v) is 13.5. The molecule has 1 amide bonds. The Kier molecular flexibility index (Phi) is 5.21. The molecule has 0 aliphatic carbocycles. The number of halogens is 2. The van der Waals surface area contributed by atoms with E-state index in [4.69, 9.17) is 9.57 Å². The lowest BCUT2D eigenvalue weighted by molar-refractivity contribution is -0.0599. The van der Waals surface area contributed by atoms with Crippen LogP contribution in [0.3, 0.4) is 0 Å². The third-order valence-corrected chi connectivity index (χ3v) is 2.87. The van der Waals surface area contributed by atoms with Crippen LogP contribution in [0.4, 0.5) is 4.79 Å². The van der Waals surface area contributed by atoms with Gasteiger partial charge in [-0.25, -0.2) is 4.79 Å². The molecule has 4 nitrogen and oxygen atoms in total. The molecule has 0 atom stereocenters. The Morgan fingerprint density at radius 3 is 2.59 bits per heavy atom. The highest BCUT2D eigenvalue weighted by Gasteiger charge is 2.14. The lowest BCUT2D eigenvalue weighted by atomic mass is 10.2. The maximum absolute atomic E-state index is 11.4. The molecule has 1 aromatic rings. The third kappa shape index (κ3) is 5.69. The van der Waals surface area contributed by atoms with E-state index in [1.807, 2.05) is 26.8 Å². The van der Waals surface area contributed by atoms with Crippen LogP contribution in [0, 0.1) is 3.57 Å². The van der Waals surface area contributed by atoms with Crippen molar-refractivity contribution in [3.8, 4) is 5.75 Å². The largest absolute Gasteiger partial charge is 0.436 e. The number of amides is 1. The van der Waals surface area contributed by atoms with Crippen LogP contribution in [0.5, 0.6) is 5.75 Å². The SMILES string of the molecule is CC(C)(C)ONC(=O)Oc1ccc(Br)cc1I. The summed E-state index contributed by atoms with van der Waals surface area (Å²) >= 11 is 5.42. The number of nitrogens with one attached hydrogen (secondary N) is 1. The molecule has 0 saturated heterocycles. The molecule has 0 aliphatic rings. The van der Waals surface area contributed by atoms with Crippen molar-refractivity contribution in [2.24, 2.45) is 0 Å². The maximum Gasteiger partial charge on any atom is 0.436 e. The number of ether oxygens (including phenoxy) is 1. The first-order valence-electron chi connectivity index (χ1n) is 4.89. The molecule has 0 heterocycles. The Bertz CT molecular complexity index is 418. The molecule has 0 aromatic heterocycles. The van der Waals surface area contributed by atoms with Crippen LogP contribution in [-0.2, 0) is 4.84 Å². The van der Waals surface area contributed by atoms with Gasteiger partial charge in [0.25, 0.3) is 0 Å². The summed E-state index contributed by atoms with van der Waals surface area (Å²) < 4.78 is 6.86. The van der Waals surface area contributed by atoms with Crippen molar-refractivity contribution < 1.29 is 14.4 Å². The van der Waals surface area contributed by atoms with Crippen LogP contribution in [0.25, 0.3) is 0 Å². The average molecular weight is 414 g/mol. The van der Waals surface area contributed by atoms with Crippen molar-refractivity contribution in [3.63, 3.8) is 0 Å². The second-order valence-electron chi connectivity index (χ2n) is 4.28. The predicted octanol–water partition coefficient (Wildman–Crippen LogP) is 3.87. The smallest absolute Gasteiger partial charge is 0.408 e. The quantitative estimate of drug-likeness (QED) is 0.591. The molecule has 0 aliphatic heterocycles. The van der Waals surface area contributed by atoms with E-state index in [9.17, 15) is 4.79 Å². The summed E-state index contributed by atoms with van der Waals surface area (Å²) in [7, 11) is 0. The van der Waals surface area contributed by atoms with E-state index in [0.717, 1.165) is 8.04 Å². The van der Waals surface area contributed by atoms with Gasteiger partial charge in [-0.05, 0) is 61.6 Å². The first kappa shape index (κ1) is 14.7. The lowest BCUT2D eigenvalue weighted by Crippen LogP contribution is -2.35. The summed E-state index contributed by atoms with van der Waals surface area (Å²) in [6.07, 6.45) is -0.639. The summed E-state index contributed by atoms with van der Waals surface area (Å²) in [5.41, 5.74) is 1.78. The molecular weight excluding hydrogens is 401 g/mol. The van der Waals surface area contributed by atoms with Gasteiger partial charge in [0.15, 0.2) is 0 Å². The fourth-order valence-electron chi connectivity index (χ4n) is 0.873. The fourth-order valence-corrected chi connectivity index (χ4v) is 2.29. The molecule has 1 rings (SSSR count). The van der Waals surface area contributed by atoms with Crippen LogP contribution in [0.15, 0.2) is 22.7 Å². The molecule has 1 N–H and O–H groups in total. The van der Waals surface area contributed by atoms with Gasteiger partial charge in [0.05, 0.1) is 9.17 Å². The molecule has 1 aromatic carbocycles. The van der Waals surface area contributed by atoms with Gasteiger partial charge >= 0.3 is 6.09 Å². The van der Waals surface area contributed by atoms with Crippen LogP contribution >= 0.6 is 38.5 Å². The average Bonchev–Trinajstić information content (AvgIpc) is 2.18. The monoisotopic (exact) mass is 413 g/mol. The van der Waals surface area contributed by atoms with Gasteiger partial charge in [-0.2, -0.15) is 5.48 Å². The molecule has 17 heavy (non-hydrogen) atoms. The zero-order valence-electron chi connectivity index (χ0n) is 9.71. The Balaban J connectivity index is 2.57. The number of carbonyl (C=O) groups excluding carboxylic acids is 1. The lowest BCUT2D eigenvalue weighted by Gasteiger charge is -2.18. The van der Waals surface area contributed by atoms with Crippen molar-refractivity contribution >= 4 is 44.6 Å². The first-order chi connectivity index (χ1) is 7.78. The summed E-state index contributed by atoms with van der Waals surface area (Å²) in [5, 5.41) is 0. The Morgan fingerprint density at radius 1 is 1.41 bits per heavy atom. The van der Waals surface area contributed by atoms with Crippen molar-refractivity contribution in [2.45, 2.75) is 26.4 Å². The second-order valence-corrected chi connectivity index (χ2v) is 6.36. The minimum absolute atomic E-state index is 0.452. The number of hydrogen-bond acceptors (Lipinski definition) is 3. The molecule has 94 valence electrons. The van der Waals surface area contributed by atoms with Gasteiger partial charge in [0.2, 0.25) is 0 Å². The van der Waals surface area contributed by atoms with E-state index in [0.29, 0.717) is 5.75 Å². The number of hydroxylamine groups is 1. The van der Waals surface area contributed by atoms with Gasteiger partial charge in [0.1, 0.15) is 5.75 Å². The van der Waals surface area contributed by atoms with Gasteiger partial charge < -0.3 is 4.74 Å². The maximum atomic E-state index is 11.4.